The molecule has 1 unspecified atom stereocenters. The number of fused-ring (bicyclic) bond motifs is 5. The molecule has 136 valence electrons. The number of rotatable bonds is 0. The van der Waals surface area contributed by atoms with E-state index in [0.717, 1.165) is 19.3 Å². The van der Waals surface area contributed by atoms with Crippen molar-refractivity contribution in [3.63, 3.8) is 0 Å². The fourth-order valence-corrected chi connectivity index (χ4v) is 7.42. The van der Waals surface area contributed by atoms with Crippen molar-refractivity contribution >= 4 is 5.78 Å². The number of Topliss-reactive ketones (excluding diaryl/α,β-unsaturated/α-hetero) is 1. The van der Waals surface area contributed by atoms with Gasteiger partial charge in [-0.2, -0.15) is 13.2 Å². The minimum absolute atomic E-state index is 0.0462. The predicted octanol–water partition coefficient (Wildman–Crippen LogP) is 5.78. The molecule has 24 heavy (non-hydrogen) atoms. The van der Waals surface area contributed by atoms with Crippen LogP contribution in [0.25, 0.3) is 0 Å². The van der Waals surface area contributed by atoms with Gasteiger partial charge in [0.15, 0.2) is 0 Å². The van der Waals surface area contributed by atoms with E-state index in [1.807, 2.05) is 0 Å². The van der Waals surface area contributed by atoms with Crippen LogP contribution in [-0.4, -0.2) is 12.0 Å². The standard InChI is InChI=1S/C20H29F3O/c1-18-8-3-4-14(18)13-6-5-12-10-17(24)16(20(21,22)23)11-19(12,2)15(13)7-9-18/h12-16H,3-11H2,1-2H3/t12-,13-,14-,15-,16?,18-,19-/m0/s1. The first-order valence-electron chi connectivity index (χ1n) is 9.74. The molecule has 4 fully saturated rings. The van der Waals surface area contributed by atoms with Crippen LogP contribution in [0, 0.1) is 40.4 Å². The van der Waals surface area contributed by atoms with E-state index in [0.29, 0.717) is 23.2 Å². The van der Waals surface area contributed by atoms with E-state index >= 15 is 0 Å². The van der Waals surface area contributed by atoms with Gasteiger partial charge >= 0.3 is 6.18 Å². The van der Waals surface area contributed by atoms with Gasteiger partial charge in [-0.1, -0.05) is 20.3 Å². The van der Waals surface area contributed by atoms with Crippen molar-refractivity contribution in [3.8, 4) is 0 Å². The molecule has 0 aromatic carbocycles. The molecule has 0 spiro atoms. The highest BCUT2D eigenvalue weighted by Crippen LogP contribution is 2.67. The van der Waals surface area contributed by atoms with Crippen molar-refractivity contribution in [1.29, 1.82) is 0 Å². The van der Waals surface area contributed by atoms with Crippen LogP contribution in [-0.2, 0) is 4.79 Å². The summed E-state index contributed by atoms with van der Waals surface area (Å²) in [6.07, 6.45) is 4.02. The summed E-state index contributed by atoms with van der Waals surface area (Å²) < 4.78 is 40.2. The maximum atomic E-state index is 13.4. The van der Waals surface area contributed by atoms with Crippen LogP contribution in [0.5, 0.6) is 0 Å². The van der Waals surface area contributed by atoms with Gasteiger partial charge in [-0.05, 0) is 79.4 Å². The molecule has 1 nitrogen and oxygen atoms in total. The third kappa shape index (κ3) is 2.30. The maximum absolute atomic E-state index is 13.4. The molecule has 0 aliphatic heterocycles. The fraction of sp³-hybridized carbons (Fsp3) is 0.950. The topological polar surface area (TPSA) is 17.1 Å². The van der Waals surface area contributed by atoms with Crippen molar-refractivity contribution < 1.29 is 18.0 Å². The maximum Gasteiger partial charge on any atom is 0.398 e. The number of carbonyl (C=O) groups is 1. The lowest BCUT2D eigenvalue weighted by Gasteiger charge is -2.60. The Kier molecular flexibility index (Phi) is 3.69. The number of carbonyl (C=O) groups excluding carboxylic acids is 1. The summed E-state index contributed by atoms with van der Waals surface area (Å²) in [5, 5.41) is 0. The quantitative estimate of drug-likeness (QED) is 0.545. The van der Waals surface area contributed by atoms with E-state index in [1.54, 1.807) is 0 Å². The minimum atomic E-state index is -4.37. The Morgan fingerprint density at radius 2 is 1.75 bits per heavy atom. The predicted molar refractivity (Wildman–Crippen MR) is 86.3 cm³/mol. The molecule has 0 amide bonds. The van der Waals surface area contributed by atoms with E-state index in [4.69, 9.17) is 0 Å². The second-order valence-electron chi connectivity index (χ2n) is 9.71. The van der Waals surface area contributed by atoms with E-state index in [9.17, 15) is 18.0 Å². The second-order valence-corrected chi connectivity index (χ2v) is 9.71. The molecule has 4 heteroatoms. The highest BCUT2D eigenvalue weighted by Gasteiger charge is 2.62. The Morgan fingerprint density at radius 1 is 1.00 bits per heavy atom. The van der Waals surface area contributed by atoms with Gasteiger partial charge in [0.2, 0.25) is 0 Å². The van der Waals surface area contributed by atoms with Gasteiger partial charge in [-0.15, -0.1) is 0 Å². The number of hydrogen-bond donors (Lipinski definition) is 0. The van der Waals surface area contributed by atoms with Crippen molar-refractivity contribution in [2.45, 2.75) is 77.8 Å². The molecule has 4 aliphatic carbocycles. The smallest absolute Gasteiger partial charge is 0.299 e. The summed E-state index contributed by atoms with van der Waals surface area (Å²) in [6, 6.07) is 0. The summed E-state index contributed by atoms with van der Waals surface area (Å²) in [6.45, 7) is 4.51. The molecule has 0 N–H and O–H groups in total. The summed E-state index contributed by atoms with van der Waals surface area (Å²) >= 11 is 0. The normalized spacial score (nSPS) is 51.7. The van der Waals surface area contributed by atoms with Gasteiger partial charge in [-0.25, -0.2) is 0 Å². The largest absolute Gasteiger partial charge is 0.398 e. The average Bonchev–Trinajstić information content (AvgIpc) is 2.88. The van der Waals surface area contributed by atoms with Crippen molar-refractivity contribution in [2.75, 3.05) is 0 Å². The van der Waals surface area contributed by atoms with E-state index < -0.39 is 17.9 Å². The summed E-state index contributed by atoms with van der Waals surface area (Å²) in [4.78, 5) is 12.1. The van der Waals surface area contributed by atoms with E-state index in [-0.39, 0.29) is 24.2 Å². The molecule has 0 aromatic heterocycles. The molecule has 0 saturated heterocycles. The molecule has 0 radical (unpaired) electrons. The van der Waals surface area contributed by atoms with Crippen LogP contribution >= 0.6 is 0 Å². The molecule has 0 bridgehead atoms. The highest BCUT2D eigenvalue weighted by atomic mass is 19.4. The SMILES string of the molecule is C[C@@]12CCC[C@H]1[C@@H]1CC[C@H]3CC(=O)C(C(F)(F)F)C[C@]3(C)[C@H]1CC2. The van der Waals surface area contributed by atoms with Crippen molar-refractivity contribution in [3.05, 3.63) is 0 Å². The zero-order valence-corrected chi connectivity index (χ0v) is 14.8. The highest BCUT2D eigenvalue weighted by molar-refractivity contribution is 5.83. The first-order valence-corrected chi connectivity index (χ1v) is 9.74. The Hall–Kier alpha value is -0.540. The molecule has 0 aromatic rings. The molecule has 4 rings (SSSR count). The lowest BCUT2D eigenvalue weighted by Crippen LogP contribution is -2.55. The summed E-state index contributed by atoms with van der Waals surface area (Å²) in [5.41, 5.74) is 0.138. The Morgan fingerprint density at radius 3 is 2.46 bits per heavy atom. The third-order valence-electron chi connectivity index (χ3n) is 8.72. The van der Waals surface area contributed by atoms with Crippen LogP contribution < -0.4 is 0 Å². The van der Waals surface area contributed by atoms with Crippen LogP contribution in [0.4, 0.5) is 13.2 Å². The summed E-state index contributed by atoms with van der Waals surface area (Å²) in [5.74, 6) is -0.397. The van der Waals surface area contributed by atoms with Gasteiger partial charge in [0.1, 0.15) is 11.7 Å². The van der Waals surface area contributed by atoms with Crippen LogP contribution in [0.15, 0.2) is 0 Å². The zero-order valence-electron chi connectivity index (χ0n) is 14.8. The summed E-state index contributed by atoms with van der Waals surface area (Å²) in [7, 11) is 0. The third-order valence-corrected chi connectivity index (χ3v) is 8.72. The Labute approximate surface area is 142 Å². The van der Waals surface area contributed by atoms with Crippen LogP contribution in [0.1, 0.15) is 71.6 Å². The van der Waals surface area contributed by atoms with E-state index in [2.05, 4.69) is 13.8 Å². The zero-order chi connectivity index (χ0) is 17.3. The molecule has 4 aliphatic rings. The first-order chi connectivity index (χ1) is 11.2. The minimum Gasteiger partial charge on any atom is -0.299 e. The van der Waals surface area contributed by atoms with E-state index in [1.165, 1.54) is 25.7 Å². The van der Waals surface area contributed by atoms with Gasteiger partial charge in [0.25, 0.3) is 0 Å². The number of alkyl halides is 3. The van der Waals surface area contributed by atoms with Crippen LogP contribution in [0.2, 0.25) is 0 Å². The molecular weight excluding hydrogens is 313 g/mol. The van der Waals surface area contributed by atoms with Crippen molar-refractivity contribution in [1.82, 2.24) is 0 Å². The van der Waals surface area contributed by atoms with Gasteiger partial charge in [-0.3, -0.25) is 4.79 Å². The molecular formula is C20H29F3O. The monoisotopic (exact) mass is 342 g/mol. The van der Waals surface area contributed by atoms with Gasteiger partial charge in [0.05, 0.1) is 0 Å². The lowest BCUT2D eigenvalue weighted by atomic mass is 9.44. The second kappa shape index (κ2) is 5.23. The van der Waals surface area contributed by atoms with Gasteiger partial charge in [0, 0.05) is 6.42 Å². The number of hydrogen-bond acceptors (Lipinski definition) is 1. The molecule has 7 atom stereocenters. The number of ketones is 1. The number of halogens is 3. The fourth-order valence-electron chi connectivity index (χ4n) is 7.42. The molecule has 0 heterocycles. The first kappa shape index (κ1) is 16.9. The Bertz CT molecular complexity index is 541. The van der Waals surface area contributed by atoms with Crippen LogP contribution in [0.3, 0.4) is 0 Å². The average molecular weight is 342 g/mol. The Balaban J connectivity index is 1.65. The molecule has 4 saturated carbocycles. The lowest BCUT2D eigenvalue weighted by molar-refractivity contribution is -0.209. The van der Waals surface area contributed by atoms with Crippen molar-refractivity contribution in [2.24, 2.45) is 40.4 Å². The van der Waals surface area contributed by atoms with Gasteiger partial charge < -0.3 is 0 Å².